The standard InChI is InChI=1S/C6H18N2Si/c1-5-6-9(4,7-2)8-3/h7-8H,5-6H2,1-4H3. The van der Waals surface area contributed by atoms with Gasteiger partial charge in [-0.1, -0.05) is 13.3 Å². The second kappa shape index (κ2) is 4.03. The Labute approximate surface area is 59.2 Å². The van der Waals surface area contributed by atoms with Crippen molar-refractivity contribution < 1.29 is 0 Å². The summed E-state index contributed by atoms with van der Waals surface area (Å²) in [5.41, 5.74) is 0. The van der Waals surface area contributed by atoms with Gasteiger partial charge < -0.3 is 9.96 Å². The summed E-state index contributed by atoms with van der Waals surface area (Å²) in [6, 6.07) is 1.31. The Morgan fingerprint density at radius 3 is 1.78 bits per heavy atom. The van der Waals surface area contributed by atoms with Gasteiger partial charge in [-0.2, -0.15) is 0 Å². The summed E-state index contributed by atoms with van der Waals surface area (Å²) in [6.45, 7) is 4.52. The predicted octanol–water partition coefficient (Wildman–Crippen LogP) is 0.907. The normalized spacial score (nSPS) is 12.0. The fraction of sp³-hybridized carbons (Fsp3) is 1.00. The largest absolute Gasteiger partial charge is 0.328 e. The van der Waals surface area contributed by atoms with Gasteiger partial charge in [0.1, 0.15) is 0 Å². The van der Waals surface area contributed by atoms with Crippen molar-refractivity contribution in [1.82, 2.24) is 9.96 Å². The van der Waals surface area contributed by atoms with Gasteiger partial charge in [-0.05, 0) is 26.7 Å². The van der Waals surface area contributed by atoms with E-state index in [0.29, 0.717) is 0 Å². The van der Waals surface area contributed by atoms with Crippen molar-refractivity contribution in [3.63, 3.8) is 0 Å². The molecule has 0 aromatic rings. The smallest absolute Gasteiger partial charge is 0.197 e. The summed E-state index contributed by atoms with van der Waals surface area (Å²) in [7, 11) is 2.88. The van der Waals surface area contributed by atoms with Crippen LogP contribution in [-0.4, -0.2) is 22.5 Å². The van der Waals surface area contributed by atoms with Gasteiger partial charge in [-0.3, -0.25) is 0 Å². The highest BCUT2D eigenvalue weighted by molar-refractivity contribution is 6.73. The van der Waals surface area contributed by atoms with E-state index in [1.807, 2.05) is 14.1 Å². The van der Waals surface area contributed by atoms with Gasteiger partial charge in [0.05, 0.1) is 0 Å². The van der Waals surface area contributed by atoms with Gasteiger partial charge in [0.2, 0.25) is 0 Å². The topological polar surface area (TPSA) is 24.1 Å². The lowest BCUT2D eigenvalue weighted by Crippen LogP contribution is -2.56. The van der Waals surface area contributed by atoms with Gasteiger partial charge >= 0.3 is 0 Å². The van der Waals surface area contributed by atoms with E-state index in [2.05, 4.69) is 23.4 Å². The number of hydrogen-bond acceptors (Lipinski definition) is 2. The summed E-state index contributed by atoms with van der Waals surface area (Å²) in [4.78, 5) is 6.71. The number of nitrogens with one attached hydrogen (secondary N) is 2. The van der Waals surface area contributed by atoms with E-state index in [4.69, 9.17) is 0 Å². The summed E-state index contributed by atoms with van der Waals surface area (Å²) in [6.07, 6.45) is 1.27. The van der Waals surface area contributed by atoms with Crippen LogP contribution in [0.3, 0.4) is 0 Å². The third-order valence-corrected chi connectivity index (χ3v) is 5.56. The van der Waals surface area contributed by atoms with Crippen LogP contribution in [-0.2, 0) is 0 Å². The molecule has 0 spiro atoms. The second-order valence-electron chi connectivity index (χ2n) is 2.58. The monoisotopic (exact) mass is 146 g/mol. The molecule has 2 N–H and O–H groups in total. The summed E-state index contributed by atoms with van der Waals surface area (Å²) < 4.78 is 0. The zero-order valence-electron chi connectivity index (χ0n) is 6.91. The van der Waals surface area contributed by atoms with Crippen molar-refractivity contribution in [2.75, 3.05) is 14.1 Å². The van der Waals surface area contributed by atoms with Crippen LogP contribution in [0.2, 0.25) is 12.6 Å². The first-order valence-electron chi connectivity index (χ1n) is 3.56. The van der Waals surface area contributed by atoms with Crippen molar-refractivity contribution in [1.29, 1.82) is 0 Å². The predicted molar refractivity (Wildman–Crippen MR) is 44.8 cm³/mol. The molecule has 0 unspecified atom stereocenters. The molecule has 0 aromatic carbocycles. The zero-order valence-corrected chi connectivity index (χ0v) is 7.91. The molecule has 2 nitrogen and oxygen atoms in total. The van der Waals surface area contributed by atoms with Crippen molar-refractivity contribution in [2.24, 2.45) is 0 Å². The SMILES string of the molecule is CCC[Si](C)(NC)NC. The van der Waals surface area contributed by atoms with Crippen molar-refractivity contribution >= 4 is 8.40 Å². The molecule has 0 fully saturated rings. The highest BCUT2D eigenvalue weighted by Gasteiger charge is 2.20. The number of rotatable bonds is 4. The molecule has 3 heteroatoms. The fourth-order valence-corrected chi connectivity index (χ4v) is 2.62. The quantitative estimate of drug-likeness (QED) is 0.576. The zero-order chi connectivity index (χ0) is 7.33. The average Bonchev–Trinajstić information content (AvgIpc) is 1.89. The van der Waals surface area contributed by atoms with Crippen LogP contribution in [0.5, 0.6) is 0 Å². The van der Waals surface area contributed by atoms with Crippen LogP contribution in [0, 0.1) is 0 Å². The van der Waals surface area contributed by atoms with Gasteiger partial charge in [0, 0.05) is 0 Å². The van der Waals surface area contributed by atoms with E-state index in [1.54, 1.807) is 0 Å². The Bertz CT molecular complexity index is 71.5. The Morgan fingerprint density at radius 2 is 1.67 bits per heavy atom. The van der Waals surface area contributed by atoms with Crippen LogP contribution in [0.15, 0.2) is 0 Å². The minimum Gasteiger partial charge on any atom is -0.328 e. The first-order chi connectivity index (χ1) is 4.18. The van der Waals surface area contributed by atoms with Gasteiger partial charge in [-0.25, -0.2) is 0 Å². The molecule has 0 rings (SSSR count). The first-order valence-corrected chi connectivity index (χ1v) is 6.27. The van der Waals surface area contributed by atoms with Gasteiger partial charge in [0.25, 0.3) is 0 Å². The minimum absolute atomic E-state index is 1.20. The molecule has 0 heterocycles. The molecule has 0 atom stereocenters. The molecule has 0 aliphatic carbocycles. The van der Waals surface area contributed by atoms with Gasteiger partial charge in [-0.15, -0.1) is 0 Å². The minimum atomic E-state index is -1.20. The summed E-state index contributed by atoms with van der Waals surface area (Å²) >= 11 is 0. The molecule has 0 radical (unpaired) electrons. The van der Waals surface area contributed by atoms with Crippen molar-refractivity contribution in [3.05, 3.63) is 0 Å². The molecule has 0 amide bonds. The van der Waals surface area contributed by atoms with Crippen molar-refractivity contribution in [3.8, 4) is 0 Å². The Kier molecular flexibility index (Phi) is 4.09. The molecule has 56 valence electrons. The van der Waals surface area contributed by atoms with Crippen LogP contribution >= 0.6 is 0 Å². The van der Waals surface area contributed by atoms with E-state index in [9.17, 15) is 0 Å². The maximum Gasteiger partial charge on any atom is 0.197 e. The molecule has 0 saturated carbocycles. The molecule has 0 aromatic heterocycles. The molecule has 0 aliphatic heterocycles. The van der Waals surface area contributed by atoms with Crippen molar-refractivity contribution in [2.45, 2.75) is 25.9 Å². The molecular weight excluding hydrogens is 128 g/mol. The van der Waals surface area contributed by atoms with Crippen LogP contribution in [0.1, 0.15) is 13.3 Å². The van der Waals surface area contributed by atoms with Crippen LogP contribution in [0.4, 0.5) is 0 Å². The Hall–Kier alpha value is 0.137. The maximum atomic E-state index is 3.36. The fourth-order valence-electron chi connectivity index (χ4n) is 0.875. The lowest BCUT2D eigenvalue weighted by Gasteiger charge is -2.24. The molecule has 9 heavy (non-hydrogen) atoms. The highest BCUT2D eigenvalue weighted by Crippen LogP contribution is 2.02. The van der Waals surface area contributed by atoms with E-state index >= 15 is 0 Å². The third kappa shape index (κ3) is 2.98. The third-order valence-electron chi connectivity index (χ3n) is 1.85. The average molecular weight is 146 g/mol. The Morgan fingerprint density at radius 1 is 1.22 bits per heavy atom. The first kappa shape index (κ1) is 9.14. The van der Waals surface area contributed by atoms with E-state index in [1.165, 1.54) is 12.5 Å². The van der Waals surface area contributed by atoms with Crippen LogP contribution in [0.25, 0.3) is 0 Å². The lowest BCUT2D eigenvalue weighted by atomic mass is 10.6. The van der Waals surface area contributed by atoms with E-state index in [0.717, 1.165) is 0 Å². The number of hydrogen-bond donors (Lipinski definition) is 2. The summed E-state index contributed by atoms with van der Waals surface area (Å²) in [5, 5.41) is 0. The highest BCUT2D eigenvalue weighted by atomic mass is 28.3. The molecule has 0 saturated heterocycles. The molecule has 0 bridgehead atoms. The maximum absolute atomic E-state index is 3.36. The summed E-state index contributed by atoms with van der Waals surface area (Å²) in [5.74, 6) is 0. The molecular formula is C6H18N2Si. The Balaban J connectivity index is 3.62. The van der Waals surface area contributed by atoms with Crippen LogP contribution < -0.4 is 9.96 Å². The lowest BCUT2D eigenvalue weighted by molar-refractivity contribution is 0.926. The van der Waals surface area contributed by atoms with E-state index < -0.39 is 8.40 Å². The van der Waals surface area contributed by atoms with E-state index in [-0.39, 0.29) is 0 Å². The molecule has 0 aliphatic rings. The second-order valence-corrected chi connectivity index (χ2v) is 6.75. The van der Waals surface area contributed by atoms with Gasteiger partial charge in [0.15, 0.2) is 8.40 Å².